The number of hydrogen-bond acceptors (Lipinski definition) is 2. The molecule has 0 saturated heterocycles. The molecule has 2 aromatic carbocycles. The molecule has 2 rings (SSSR count). The molecule has 0 spiro atoms. The molecule has 0 aliphatic heterocycles. The number of aliphatic imine (C=N–C) groups is 1. The average molecular weight is 428 g/mol. The highest BCUT2D eigenvalue weighted by Crippen LogP contribution is 2.19. The summed E-state index contributed by atoms with van der Waals surface area (Å²) in [7, 11) is 3.87. The van der Waals surface area contributed by atoms with Crippen molar-refractivity contribution in [3.8, 4) is 0 Å². The Hall–Kier alpha value is -1.67. The molecule has 0 saturated carbocycles. The lowest BCUT2D eigenvalue weighted by molar-refractivity contribution is 0.306. The smallest absolute Gasteiger partial charge is 0.193 e. The molecule has 0 aliphatic rings. The van der Waals surface area contributed by atoms with Crippen LogP contribution in [0.4, 0.5) is 10.1 Å². The lowest BCUT2D eigenvalue weighted by Gasteiger charge is -2.23. The standard InChI is InChI=1S/C17H21FN4.HI/c1-22(2)16(13-7-6-8-14(18)11-13)12-20-17(19)21-15-9-4-3-5-10-15;/h3-11,16H,12H2,1-2H3,(H3,19,20,21);1H. The van der Waals surface area contributed by atoms with Gasteiger partial charge >= 0.3 is 0 Å². The molecule has 124 valence electrons. The molecule has 0 aromatic heterocycles. The summed E-state index contributed by atoms with van der Waals surface area (Å²) in [4.78, 5) is 6.36. The molecule has 0 aliphatic carbocycles. The molecule has 0 fully saturated rings. The Morgan fingerprint density at radius 2 is 1.87 bits per heavy atom. The van der Waals surface area contributed by atoms with Crippen molar-refractivity contribution in [3.05, 3.63) is 66.0 Å². The van der Waals surface area contributed by atoms with Crippen LogP contribution in [0.1, 0.15) is 11.6 Å². The van der Waals surface area contributed by atoms with E-state index in [0.29, 0.717) is 12.5 Å². The van der Waals surface area contributed by atoms with Crippen LogP contribution in [-0.2, 0) is 0 Å². The number of benzene rings is 2. The Labute approximate surface area is 153 Å². The van der Waals surface area contributed by atoms with E-state index in [-0.39, 0.29) is 35.8 Å². The van der Waals surface area contributed by atoms with E-state index in [1.807, 2.05) is 55.4 Å². The third kappa shape index (κ3) is 6.15. The van der Waals surface area contributed by atoms with Crippen molar-refractivity contribution in [2.24, 2.45) is 10.7 Å². The molecule has 1 atom stereocenters. The number of nitrogens with two attached hydrogens (primary N) is 1. The topological polar surface area (TPSA) is 53.6 Å². The molecule has 0 radical (unpaired) electrons. The lowest BCUT2D eigenvalue weighted by atomic mass is 10.1. The van der Waals surface area contributed by atoms with E-state index in [1.165, 1.54) is 12.1 Å². The van der Waals surface area contributed by atoms with Gasteiger partial charge in [-0.3, -0.25) is 4.99 Å². The van der Waals surface area contributed by atoms with E-state index in [0.717, 1.165) is 11.3 Å². The molecular weight excluding hydrogens is 406 g/mol. The van der Waals surface area contributed by atoms with Crippen molar-refractivity contribution in [3.63, 3.8) is 0 Å². The number of anilines is 1. The quantitative estimate of drug-likeness (QED) is 0.436. The van der Waals surface area contributed by atoms with Crippen LogP contribution < -0.4 is 11.1 Å². The molecule has 0 heterocycles. The van der Waals surface area contributed by atoms with E-state index in [4.69, 9.17) is 5.73 Å². The second-order valence-corrected chi connectivity index (χ2v) is 5.25. The summed E-state index contributed by atoms with van der Waals surface area (Å²) in [6.45, 7) is 0.447. The summed E-state index contributed by atoms with van der Waals surface area (Å²) in [5, 5.41) is 3.03. The van der Waals surface area contributed by atoms with Crippen LogP contribution in [0.2, 0.25) is 0 Å². The molecule has 1 unspecified atom stereocenters. The number of nitrogens with one attached hydrogen (secondary N) is 1. The summed E-state index contributed by atoms with van der Waals surface area (Å²) in [6.07, 6.45) is 0. The number of nitrogens with zero attached hydrogens (tertiary/aromatic N) is 2. The highest BCUT2D eigenvalue weighted by atomic mass is 127. The van der Waals surface area contributed by atoms with Crippen molar-refractivity contribution in [2.45, 2.75) is 6.04 Å². The number of rotatable bonds is 5. The fraction of sp³-hybridized carbons (Fsp3) is 0.235. The first-order valence-electron chi connectivity index (χ1n) is 7.10. The highest BCUT2D eigenvalue weighted by molar-refractivity contribution is 14.0. The second-order valence-electron chi connectivity index (χ2n) is 5.25. The molecule has 4 nitrogen and oxygen atoms in total. The summed E-state index contributed by atoms with van der Waals surface area (Å²) >= 11 is 0. The van der Waals surface area contributed by atoms with Gasteiger partial charge in [-0.15, -0.1) is 24.0 Å². The third-order valence-electron chi connectivity index (χ3n) is 3.34. The minimum atomic E-state index is -0.247. The van der Waals surface area contributed by atoms with Gasteiger partial charge < -0.3 is 16.0 Å². The van der Waals surface area contributed by atoms with Crippen molar-refractivity contribution < 1.29 is 4.39 Å². The largest absolute Gasteiger partial charge is 0.370 e. The maximum atomic E-state index is 13.4. The number of para-hydroxylation sites is 1. The van der Waals surface area contributed by atoms with Gasteiger partial charge in [0.25, 0.3) is 0 Å². The molecule has 23 heavy (non-hydrogen) atoms. The zero-order chi connectivity index (χ0) is 15.9. The van der Waals surface area contributed by atoms with Gasteiger partial charge in [-0.2, -0.15) is 0 Å². The Morgan fingerprint density at radius 3 is 2.48 bits per heavy atom. The van der Waals surface area contributed by atoms with Gasteiger partial charge in [0.15, 0.2) is 5.96 Å². The number of hydrogen-bond donors (Lipinski definition) is 2. The van der Waals surface area contributed by atoms with Crippen molar-refractivity contribution >= 4 is 35.6 Å². The van der Waals surface area contributed by atoms with Crippen molar-refractivity contribution in [1.82, 2.24) is 4.90 Å². The Kier molecular flexibility index (Phi) is 7.97. The minimum Gasteiger partial charge on any atom is -0.370 e. The molecule has 3 N–H and O–H groups in total. The number of halogens is 2. The lowest BCUT2D eigenvalue weighted by Crippen LogP contribution is -2.27. The van der Waals surface area contributed by atoms with Gasteiger partial charge in [-0.1, -0.05) is 30.3 Å². The number of guanidine groups is 1. The minimum absolute atomic E-state index is 0. The first kappa shape index (κ1) is 19.4. The molecule has 2 aromatic rings. The van der Waals surface area contributed by atoms with Crippen LogP contribution in [-0.4, -0.2) is 31.5 Å². The van der Waals surface area contributed by atoms with Crippen LogP contribution in [0.5, 0.6) is 0 Å². The average Bonchev–Trinajstić information content (AvgIpc) is 2.48. The van der Waals surface area contributed by atoms with Gasteiger partial charge in [0, 0.05) is 5.69 Å². The fourth-order valence-electron chi connectivity index (χ4n) is 2.17. The molecule has 0 amide bonds. The Balaban J connectivity index is 0.00000264. The van der Waals surface area contributed by atoms with Crippen molar-refractivity contribution in [2.75, 3.05) is 26.0 Å². The van der Waals surface area contributed by atoms with Gasteiger partial charge in [0.1, 0.15) is 5.82 Å². The molecule has 0 bridgehead atoms. The zero-order valence-electron chi connectivity index (χ0n) is 13.2. The monoisotopic (exact) mass is 428 g/mol. The van der Waals surface area contributed by atoms with E-state index in [2.05, 4.69) is 10.3 Å². The zero-order valence-corrected chi connectivity index (χ0v) is 15.6. The van der Waals surface area contributed by atoms with Gasteiger partial charge in [0.2, 0.25) is 0 Å². The predicted octanol–water partition coefficient (Wildman–Crippen LogP) is 3.47. The summed E-state index contributed by atoms with van der Waals surface area (Å²) < 4.78 is 13.4. The number of likely N-dealkylation sites (N-methyl/N-ethyl adjacent to an activating group) is 1. The van der Waals surface area contributed by atoms with Crippen LogP contribution in [0.15, 0.2) is 59.6 Å². The van der Waals surface area contributed by atoms with E-state index < -0.39 is 0 Å². The van der Waals surface area contributed by atoms with Crippen molar-refractivity contribution in [1.29, 1.82) is 0 Å². The predicted molar refractivity (Wildman–Crippen MR) is 105 cm³/mol. The van der Waals surface area contributed by atoms with Crippen LogP contribution in [0, 0.1) is 5.82 Å². The van der Waals surface area contributed by atoms with Gasteiger partial charge in [0.05, 0.1) is 12.6 Å². The van der Waals surface area contributed by atoms with Crippen LogP contribution in [0.25, 0.3) is 0 Å². The van der Waals surface area contributed by atoms with Gasteiger partial charge in [-0.05, 0) is 43.9 Å². The Morgan fingerprint density at radius 1 is 1.17 bits per heavy atom. The second kappa shape index (κ2) is 9.46. The Bertz CT molecular complexity index is 632. The maximum Gasteiger partial charge on any atom is 0.193 e. The third-order valence-corrected chi connectivity index (χ3v) is 3.34. The van der Waals surface area contributed by atoms with Gasteiger partial charge in [-0.25, -0.2) is 4.39 Å². The fourth-order valence-corrected chi connectivity index (χ4v) is 2.17. The van der Waals surface area contributed by atoms with Crippen LogP contribution >= 0.6 is 24.0 Å². The molecule has 6 heteroatoms. The summed E-state index contributed by atoms with van der Waals surface area (Å²) in [6, 6.07) is 16.1. The van der Waals surface area contributed by atoms with E-state index in [1.54, 1.807) is 6.07 Å². The van der Waals surface area contributed by atoms with Crippen LogP contribution in [0.3, 0.4) is 0 Å². The van der Waals surface area contributed by atoms with E-state index >= 15 is 0 Å². The maximum absolute atomic E-state index is 13.4. The summed E-state index contributed by atoms with van der Waals surface area (Å²) in [5.74, 6) is 0.0955. The normalized spacial score (nSPS) is 12.6. The van der Waals surface area contributed by atoms with E-state index in [9.17, 15) is 4.39 Å². The highest BCUT2D eigenvalue weighted by Gasteiger charge is 2.14. The first-order chi connectivity index (χ1) is 10.6. The molecular formula is C17H22FIN4. The summed E-state index contributed by atoms with van der Waals surface area (Å²) in [5.41, 5.74) is 7.67. The SMILES string of the molecule is CN(C)C(CN=C(N)Nc1ccccc1)c1cccc(F)c1.I. The first-order valence-corrected chi connectivity index (χ1v) is 7.10.